The van der Waals surface area contributed by atoms with Crippen LogP contribution in [0.5, 0.6) is 0 Å². The third kappa shape index (κ3) is 3.07. The average Bonchev–Trinajstić information content (AvgIpc) is 3.15. The molecule has 1 saturated carbocycles. The van der Waals surface area contributed by atoms with E-state index in [1.807, 2.05) is 19.1 Å². The summed E-state index contributed by atoms with van der Waals surface area (Å²) in [6.45, 7) is 7.53. The summed E-state index contributed by atoms with van der Waals surface area (Å²) in [5.41, 5.74) is 0.536. The van der Waals surface area contributed by atoms with Gasteiger partial charge in [0.15, 0.2) is 5.82 Å². The molecule has 0 spiro atoms. The van der Waals surface area contributed by atoms with Crippen LogP contribution < -0.4 is 4.90 Å². The number of rotatable bonds is 3. The van der Waals surface area contributed by atoms with Gasteiger partial charge in [0.1, 0.15) is 12.1 Å². The van der Waals surface area contributed by atoms with Crippen LogP contribution in [0.2, 0.25) is 0 Å². The van der Waals surface area contributed by atoms with E-state index in [2.05, 4.69) is 44.9 Å². The molecule has 1 unspecified atom stereocenters. The molecule has 0 amide bonds. The van der Waals surface area contributed by atoms with E-state index in [-0.39, 0.29) is 11.8 Å². The Balaban J connectivity index is 1.51. The molecule has 8 nitrogen and oxygen atoms in total. The van der Waals surface area contributed by atoms with Gasteiger partial charge in [-0.2, -0.15) is 10.4 Å². The van der Waals surface area contributed by atoms with Gasteiger partial charge in [0.2, 0.25) is 0 Å². The Labute approximate surface area is 181 Å². The van der Waals surface area contributed by atoms with E-state index >= 15 is 0 Å². The second-order valence-electron chi connectivity index (χ2n) is 9.40. The predicted molar refractivity (Wildman–Crippen MR) is 117 cm³/mol. The molecule has 8 heteroatoms. The fourth-order valence-corrected chi connectivity index (χ4v) is 4.72. The summed E-state index contributed by atoms with van der Waals surface area (Å²) in [7, 11) is 0. The number of hydrogen-bond acceptors (Lipinski definition) is 7. The minimum Gasteiger partial charge on any atom is -0.389 e. The summed E-state index contributed by atoms with van der Waals surface area (Å²) in [4.78, 5) is 15.7. The second-order valence-corrected chi connectivity index (χ2v) is 9.40. The Kier molecular flexibility index (Phi) is 4.48. The Morgan fingerprint density at radius 1 is 1.06 bits per heavy atom. The van der Waals surface area contributed by atoms with Gasteiger partial charge >= 0.3 is 0 Å². The van der Waals surface area contributed by atoms with E-state index in [0.29, 0.717) is 5.82 Å². The lowest BCUT2D eigenvalue weighted by atomic mass is 9.67. The molecule has 5 rings (SSSR count). The highest BCUT2D eigenvalue weighted by Crippen LogP contribution is 2.43. The lowest BCUT2D eigenvalue weighted by Gasteiger charge is -2.46. The van der Waals surface area contributed by atoms with E-state index in [9.17, 15) is 10.4 Å². The summed E-state index contributed by atoms with van der Waals surface area (Å²) < 4.78 is 1.79. The van der Waals surface area contributed by atoms with Gasteiger partial charge in [0.05, 0.1) is 34.5 Å². The number of nitriles is 1. The van der Waals surface area contributed by atoms with Crippen molar-refractivity contribution in [3.05, 3.63) is 36.5 Å². The van der Waals surface area contributed by atoms with Crippen molar-refractivity contribution < 1.29 is 5.11 Å². The molecular weight excluding hydrogens is 390 g/mol. The van der Waals surface area contributed by atoms with Gasteiger partial charge in [0.25, 0.3) is 0 Å². The highest BCUT2D eigenvalue weighted by Gasteiger charge is 2.41. The first-order chi connectivity index (χ1) is 14.8. The van der Waals surface area contributed by atoms with E-state index < -0.39 is 11.0 Å². The maximum atomic E-state index is 10.7. The quantitative estimate of drug-likeness (QED) is 0.698. The predicted octanol–water partition coefficient (Wildman–Crippen LogP) is 3.00. The number of nitrogens with zero attached hydrogens (tertiary/aromatic N) is 7. The van der Waals surface area contributed by atoms with Gasteiger partial charge in [-0.25, -0.2) is 14.6 Å². The van der Waals surface area contributed by atoms with Crippen LogP contribution in [0.25, 0.3) is 16.7 Å². The van der Waals surface area contributed by atoms with Gasteiger partial charge in [-0.05, 0) is 32.3 Å². The third-order valence-electron chi connectivity index (χ3n) is 7.53. The number of anilines is 1. The topological polar surface area (TPSA) is 104 Å². The first kappa shape index (κ1) is 19.9. The van der Waals surface area contributed by atoms with Crippen LogP contribution in [0.1, 0.15) is 45.7 Å². The molecule has 2 aliphatic rings. The SMILES string of the molecule is C[C@@H]1CN(c2cc(-n3ncc4cnc(C5(C#N)CCC5)cc43)ncn2)C[C@H](C)C1(C)O. The summed E-state index contributed by atoms with van der Waals surface area (Å²) in [6.07, 6.45) is 7.89. The minimum atomic E-state index is -0.688. The van der Waals surface area contributed by atoms with Crippen molar-refractivity contribution in [2.75, 3.05) is 18.0 Å². The fourth-order valence-electron chi connectivity index (χ4n) is 4.72. The zero-order valence-electron chi connectivity index (χ0n) is 18.2. The van der Waals surface area contributed by atoms with Crippen LogP contribution in [-0.4, -0.2) is 48.5 Å². The van der Waals surface area contributed by atoms with E-state index in [1.54, 1.807) is 23.4 Å². The number of piperidine rings is 1. The smallest absolute Gasteiger partial charge is 0.159 e. The van der Waals surface area contributed by atoms with Crippen LogP contribution >= 0.6 is 0 Å². The third-order valence-corrected chi connectivity index (χ3v) is 7.53. The van der Waals surface area contributed by atoms with Gasteiger partial charge < -0.3 is 10.0 Å². The van der Waals surface area contributed by atoms with Crippen molar-refractivity contribution in [2.45, 2.75) is 51.0 Å². The van der Waals surface area contributed by atoms with Crippen molar-refractivity contribution in [3.63, 3.8) is 0 Å². The Morgan fingerprint density at radius 3 is 2.42 bits per heavy atom. The van der Waals surface area contributed by atoms with Crippen LogP contribution in [-0.2, 0) is 5.41 Å². The number of pyridine rings is 1. The largest absolute Gasteiger partial charge is 0.389 e. The fraction of sp³-hybridized carbons (Fsp3) is 0.522. The maximum Gasteiger partial charge on any atom is 0.159 e. The Bertz CT molecular complexity index is 1160. The molecule has 0 bridgehead atoms. The minimum absolute atomic E-state index is 0.124. The van der Waals surface area contributed by atoms with Crippen LogP contribution in [0.3, 0.4) is 0 Å². The summed E-state index contributed by atoms with van der Waals surface area (Å²) in [5.74, 6) is 1.75. The maximum absolute atomic E-state index is 10.7. The number of hydrogen-bond donors (Lipinski definition) is 1. The monoisotopic (exact) mass is 417 g/mol. The van der Waals surface area contributed by atoms with E-state index in [1.165, 1.54) is 0 Å². The molecule has 3 atom stereocenters. The first-order valence-corrected chi connectivity index (χ1v) is 10.9. The van der Waals surface area contributed by atoms with Gasteiger partial charge in [-0.3, -0.25) is 4.98 Å². The molecule has 2 fully saturated rings. The van der Waals surface area contributed by atoms with Gasteiger partial charge in [0, 0.05) is 42.6 Å². The van der Waals surface area contributed by atoms with Gasteiger partial charge in [-0.1, -0.05) is 13.8 Å². The molecule has 1 N–H and O–H groups in total. The molecule has 0 aromatic carbocycles. The lowest BCUT2D eigenvalue weighted by molar-refractivity contribution is -0.0504. The molecule has 1 saturated heterocycles. The average molecular weight is 418 g/mol. The Morgan fingerprint density at radius 2 is 1.77 bits per heavy atom. The number of aliphatic hydroxyl groups is 1. The van der Waals surface area contributed by atoms with Crippen molar-refractivity contribution in [3.8, 4) is 11.9 Å². The van der Waals surface area contributed by atoms with E-state index in [0.717, 1.165) is 54.8 Å². The van der Waals surface area contributed by atoms with Crippen LogP contribution in [0, 0.1) is 23.2 Å². The van der Waals surface area contributed by atoms with Crippen molar-refractivity contribution in [1.82, 2.24) is 24.7 Å². The first-order valence-electron chi connectivity index (χ1n) is 10.9. The van der Waals surface area contributed by atoms with Crippen LogP contribution in [0.15, 0.2) is 30.9 Å². The molecule has 1 aliphatic carbocycles. The summed E-state index contributed by atoms with van der Waals surface area (Å²) in [6, 6.07) is 6.39. The highest BCUT2D eigenvalue weighted by atomic mass is 16.3. The molecule has 1 aliphatic heterocycles. The zero-order valence-corrected chi connectivity index (χ0v) is 18.2. The molecule has 3 aromatic rings. The molecule has 4 heterocycles. The summed E-state index contributed by atoms with van der Waals surface area (Å²) in [5, 5.41) is 25.9. The second kappa shape index (κ2) is 6.99. The molecule has 3 aromatic heterocycles. The highest BCUT2D eigenvalue weighted by molar-refractivity contribution is 5.80. The number of aromatic nitrogens is 5. The molecule has 31 heavy (non-hydrogen) atoms. The molecule has 160 valence electrons. The van der Waals surface area contributed by atoms with E-state index in [4.69, 9.17) is 0 Å². The van der Waals surface area contributed by atoms with Crippen molar-refractivity contribution in [2.24, 2.45) is 11.8 Å². The summed E-state index contributed by atoms with van der Waals surface area (Å²) >= 11 is 0. The Hall–Kier alpha value is -3.05. The molecule has 0 radical (unpaired) electrons. The molecular formula is C23H27N7O. The zero-order chi connectivity index (χ0) is 21.8. The number of fused-ring (bicyclic) bond motifs is 1. The van der Waals surface area contributed by atoms with Crippen LogP contribution in [0.4, 0.5) is 5.82 Å². The van der Waals surface area contributed by atoms with Crippen molar-refractivity contribution in [1.29, 1.82) is 5.26 Å². The normalized spacial score (nSPS) is 27.6. The lowest BCUT2D eigenvalue weighted by Crippen LogP contribution is -2.55. The van der Waals surface area contributed by atoms with Crippen molar-refractivity contribution >= 4 is 16.7 Å². The van der Waals surface area contributed by atoms with Gasteiger partial charge in [-0.15, -0.1) is 0 Å². The standard InChI is InChI=1S/C23H27N7O/c1-15-11-29(12-16(2)22(15,3)31)20-8-21(27-14-26-20)30-18-7-19(23(13-24)5-4-6-23)25-9-17(18)10-28-30/h7-10,14-16,31H,4-6,11-12H2,1-3H3/t15-,16+,22?.